The molecule has 0 unspecified atom stereocenters. The van der Waals surface area contributed by atoms with Gasteiger partial charge in [-0.2, -0.15) is 5.10 Å². The first-order valence-corrected chi connectivity index (χ1v) is 9.38. The second-order valence-corrected chi connectivity index (χ2v) is 7.01. The highest BCUT2D eigenvalue weighted by Crippen LogP contribution is 2.23. The highest BCUT2D eigenvalue weighted by atomic mass is 16.5. The summed E-state index contributed by atoms with van der Waals surface area (Å²) in [7, 11) is 3.32. The minimum Gasteiger partial charge on any atom is -0.497 e. The molecule has 0 aromatic heterocycles. The summed E-state index contributed by atoms with van der Waals surface area (Å²) < 4.78 is 10.7. The molecule has 0 saturated carbocycles. The highest BCUT2D eigenvalue weighted by Gasteiger charge is 2.16. The van der Waals surface area contributed by atoms with E-state index in [0.29, 0.717) is 0 Å². The van der Waals surface area contributed by atoms with Gasteiger partial charge in [0, 0.05) is 44.4 Å². The average molecular weight is 367 g/mol. The van der Waals surface area contributed by atoms with Gasteiger partial charge in [0.05, 0.1) is 20.4 Å². The Morgan fingerprint density at radius 3 is 2.41 bits per heavy atom. The monoisotopic (exact) mass is 367 g/mol. The molecule has 2 aromatic rings. The van der Waals surface area contributed by atoms with Crippen molar-refractivity contribution in [2.75, 3.05) is 40.4 Å². The van der Waals surface area contributed by atoms with E-state index in [1.54, 1.807) is 14.2 Å². The predicted molar refractivity (Wildman–Crippen MR) is 110 cm³/mol. The van der Waals surface area contributed by atoms with Crippen LogP contribution in [-0.2, 0) is 6.54 Å². The zero-order valence-corrected chi connectivity index (χ0v) is 16.7. The Hall–Kier alpha value is -2.53. The topological polar surface area (TPSA) is 37.3 Å². The maximum Gasteiger partial charge on any atom is 0.131 e. The number of benzene rings is 2. The Labute approximate surface area is 162 Å². The molecule has 1 saturated heterocycles. The maximum atomic E-state index is 5.43. The van der Waals surface area contributed by atoms with Gasteiger partial charge >= 0.3 is 0 Å². The Kier molecular flexibility index (Phi) is 6.35. The van der Waals surface area contributed by atoms with E-state index in [1.807, 2.05) is 24.4 Å². The molecule has 3 rings (SSSR count). The molecule has 1 aliphatic heterocycles. The summed E-state index contributed by atoms with van der Waals surface area (Å²) >= 11 is 0. The Bertz CT molecular complexity index is 796. The van der Waals surface area contributed by atoms with E-state index in [4.69, 9.17) is 9.47 Å². The van der Waals surface area contributed by atoms with Crippen molar-refractivity contribution in [2.45, 2.75) is 20.4 Å². The maximum absolute atomic E-state index is 5.43. The third kappa shape index (κ3) is 5.01. The molecule has 5 nitrogen and oxygen atoms in total. The summed E-state index contributed by atoms with van der Waals surface area (Å²) in [5.41, 5.74) is 5.07. The Morgan fingerprint density at radius 2 is 1.74 bits per heavy atom. The fourth-order valence-corrected chi connectivity index (χ4v) is 3.34. The fraction of sp³-hybridized carbons (Fsp3) is 0.409. The second kappa shape index (κ2) is 8.91. The molecule has 27 heavy (non-hydrogen) atoms. The first kappa shape index (κ1) is 19.2. The summed E-state index contributed by atoms with van der Waals surface area (Å²) in [5, 5.41) is 6.78. The lowest BCUT2D eigenvalue weighted by Crippen LogP contribution is -2.43. The van der Waals surface area contributed by atoms with Crippen molar-refractivity contribution in [3.63, 3.8) is 0 Å². The molecule has 1 heterocycles. The van der Waals surface area contributed by atoms with Crippen molar-refractivity contribution >= 4 is 6.21 Å². The molecule has 0 amide bonds. The van der Waals surface area contributed by atoms with Gasteiger partial charge in [-0.15, -0.1) is 0 Å². The van der Waals surface area contributed by atoms with E-state index >= 15 is 0 Å². The predicted octanol–water partition coefficient (Wildman–Crippen LogP) is 3.47. The summed E-state index contributed by atoms with van der Waals surface area (Å²) in [6.45, 7) is 9.25. The van der Waals surface area contributed by atoms with Gasteiger partial charge < -0.3 is 9.47 Å². The van der Waals surface area contributed by atoms with Crippen LogP contribution in [0.3, 0.4) is 0 Å². The van der Waals surface area contributed by atoms with Gasteiger partial charge in [0.1, 0.15) is 11.5 Å². The lowest BCUT2D eigenvalue weighted by Gasteiger charge is -2.33. The number of nitrogens with zero attached hydrogens (tertiary/aromatic N) is 3. The largest absolute Gasteiger partial charge is 0.497 e. The molecule has 1 aliphatic rings. The third-order valence-electron chi connectivity index (χ3n) is 5.04. The first-order valence-electron chi connectivity index (χ1n) is 9.38. The van der Waals surface area contributed by atoms with Crippen molar-refractivity contribution in [3.8, 4) is 11.5 Å². The number of rotatable bonds is 6. The molecule has 5 heteroatoms. The second-order valence-electron chi connectivity index (χ2n) is 7.01. The van der Waals surface area contributed by atoms with Crippen LogP contribution < -0.4 is 9.47 Å². The van der Waals surface area contributed by atoms with E-state index in [-0.39, 0.29) is 0 Å². The molecule has 0 atom stereocenters. The van der Waals surface area contributed by atoms with Crippen LogP contribution >= 0.6 is 0 Å². The minimum atomic E-state index is 0.770. The van der Waals surface area contributed by atoms with Crippen LogP contribution in [0, 0.1) is 13.8 Å². The smallest absolute Gasteiger partial charge is 0.131 e. The van der Waals surface area contributed by atoms with E-state index in [1.165, 1.54) is 16.7 Å². The standard InChI is InChI=1S/C22H29N3O2/c1-17-5-6-20(18(2)13-17)16-24-9-11-25(12-10-24)23-15-19-7-8-21(26-3)14-22(19)27-4/h5-8,13-15H,9-12,16H2,1-4H3. The highest BCUT2D eigenvalue weighted by molar-refractivity contribution is 5.83. The van der Waals surface area contributed by atoms with Crippen molar-refractivity contribution in [1.82, 2.24) is 9.91 Å². The van der Waals surface area contributed by atoms with Gasteiger partial charge in [0.25, 0.3) is 0 Å². The lowest BCUT2D eigenvalue weighted by atomic mass is 10.1. The molecule has 0 radical (unpaired) electrons. The first-order chi connectivity index (χ1) is 13.1. The van der Waals surface area contributed by atoms with Crippen molar-refractivity contribution < 1.29 is 9.47 Å². The Balaban J connectivity index is 1.55. The van der Waals surface area contributed by atoms with E-state index in [9.17, 15) is 0 Å². The van der Waals surface area contributed by atoms with Gasteiger partial charge in [-0.05, 0) is 37.1 Å². The van der Waals surface area contributed by atoms with Crippen molar-refractivity contribution in [2.24, 2.45) is 5.10 Å². The number of piperazine rings is 1. The van der Waals surface area contributed by atoms with E-state index in [2.05, 4.69) is 47.1 Å². The number of aryl methyl sites for hydroxylation is 2. The van der Waals surface area contributed by atoms with Crippen LogP contribution in [0.15, 0.2) is 41.5 Å². The molecular weight excluding hydrogens is 338 g/mol. The molecule has 0 spiro atoms. The molecule has 144 valence electrons. The van der Waals surface area contributed by atoms with Crippen LogP contribution in [0.4, 0.5) is 0 Å². The van der Waals surface area contributed by atoms with Crippen molar-refractivity contribution in [3.05, 3.63) is 58.7 Å². The lowest BCUT2D eigenvalue weighted by molar-refractivity contribution is 0.131. The number of hydrogen-bond acceptors (Lipinski definition) is 5. The summed E-state index contributed by atoms with van der Waals surface area (Å²) in [6.07, 6.45) is 1.87. The van der Waals surface area contributed by atoms with Crippen molar-refractivity contribution in [1.29, 1.82) is 0 Å². The number of methoxy groups -OCH3 is 2. The normalized spacial score (nSPS) is 15.3. The molecule has 1 fully saturated rings. The van der Waals surface area contributed by atoms with Gasteiger partial charge in [0.15, 0.2) is 0 Å². The number of ether oxygens (including phenoxy) is 2. The third-order valence-corrected chi connectivity index (χ3v) is 5.04. The van der Waals surface area contributed by atoms with E-state index < -0.39 is 0 Å². The van der Waals surface area contributed by atoms with Gasteiger partial charge in [0.2, 0.25) is 0 Å². The van der Waals surface area contributed by atoms with Gasteiger partial charge in [-0.1, -0.05) is 23.8 Å². The van der Waals surface area contributed by atoms with Crippen LogP contribution in [0.25, 0.3) is 0 Å². The minimum absolute atomic E-state index is 0.770. The average Bonchev–Trinajstić information content (AvgIpc) is 2.69. The van der Waals surface area contributed by atoms with Gasteiger partial charge in [-0.3, -0.25) is 9.91 Å². The summed E-state index contributed by atoms with van der Waals surface area (Å²) in [4.78, 5) is 2.50. The zero-order chi connectivity index (χ0) is 19.2. The zero-order valence-electron chi connectivity index (χ0n) is 16.7. The van der Waals surface area contributed by atoms with Crippen LogP contribution in [0.2, 0.25) is 0 Å². The molecule has 0 N–H and O–H groups in total. The SMILES string of the molecule is COc1ccc(C=NN2CCN(Cc3ccc(C)cc3C)CC2)c(OC)c1. The molecule has 0 aliphatic carbocycles. The molecular formula is C22H29N3O2. The Morgan fingerprint density at radius 1 is 0.963 bits per heavy atom. The van der Waals surface area contributed by atoms with Crippen LogP contribution in [-0.4, -0.2) is 56.5 Å². The van der Waals surface area contributed by atoms with Crippen LogP contribution in [0.1, 0.15) is 22.3 Å². The summed E-state index contributed by atoms with van der Waals surface area (Å²) in [5.74, 6) is 1.55. The quantitative estimate of drug-likeness (QED) is 0.733. The van der Waals surface area contributed by atoms with Gasteiger partial charge in [-0.25, -0.2) is 0 Å². The van der Waals surface area contributed by atoms with Crippen LogP contribution in [0.5, 0.6) is 11.5 Å². The fourth-order valence-electron chi connectivity index (χ4n) is 3.34. The van der Waals surface area contributed by atoms with E-state index in [0.717, 1.165) is 49.8 Å². The summed E-state index contributed by atoms with van der Waals surface area (Å²) in [6, 6.07) is 12.5. The molecule has 2 aromatic carbocycles. The number of hydrazone groups is 1. The number of hydrogen-bond donors (Lipinski definition) is 0. The molecule has 0 bridgehead atoms.